The van der Waals surface area contributed by atoms with Crippen LogP contribution in [0.2, 0.25) is 0 Å². The van der Waals surface area contributed by atoms with Crippen molar-refractivity contribution in [3.63, 3.8) is 0 Å². The molecule has 0 bridgehead atoms. The van der Waals surface area contributed by atoms with Gasteiger partial charge in [0.1, 0.15) is 6.54 Å². The number of carbonyl (C=O) groups is 1. The van der Waals surface area contributed by atoms with Crippen LogP contribution in [0, 0.1) is 17.8 Å². The van der Waals surface area contributed by atoms with Crippen molar-refractivity contribution in [3.05, 3.63) is 34.7 Å². The van der Waals surface area contributed by atoms with Crippen molar-refractivity contribution in [2.24, 2.45) is 17.8 Å². The van der Waals surface area contributed by atoms with Crippen molar-refractivity contribution in [1.29, 1.82) is 0 Å². The van der Waals surface area contributed by atoms with Crippen LogP contribution in [0.5, 0.6) is 0 Å². The van der Waals surface area contributed by atoms with Gasteiger partial charge in [-0.25, -0.2) is 0 Å². The summed E-state index contributed by atoms with van der Waals surface area (Å²) in [7, 11) is 0. The van der Waals surface area contributed by atoms with E-state index in [0.29, 0.717) is 23.9 Å². The number of pyridine rings is 1. The highest BCUT2D eigenvalue weighted by Crippen LogP contribution is 2.51. The van der Waals surface area contributed by atoms with Gasteiger partial charge < -0.3 is 14.6 Å². The molecule has 5 heteroatoms. The van der Waals surface area contributed by atoms with E-state index in [2.05, 4.69) is 5.32 Å². The molecule has 1 N–H and O–H groups in total. The topological polar surface area (TPSA) is 60.3 Å². The Kier molecular flexibility index (Phi) is 3.97. The third-order valence-electron chi connectivity index (χ3n) is 5.90. The summed E-state index contributed by atoms with van der Waals surface area (Å²) in [5, 5.41) is 3.26. The highest BCUT2D eigenvalue weighted by molar-refractivity contribution is 5.76. The second-order valence-corrected chi connectivity index (χ2v) is 7.21. The molecule has 2 aliphatic carbocycles. The molecule has 2 heterocycles. The Morgan fingerprint density at radius 1 is 1.22 bits per heavy atom. The molecule has 4 atom stereocenters. The fourth-order valence-corrected chi connectivity index (χ4v) is 4.81. The van der Waals surface area contributed by atoms with Gasteiger partial charge in [0.2, 0.25) is 5.91 Å². The summed E-state index contributed by atoms with van der Waals surface area (Å²) in [5.74, 6) is 1.75. The SMILES string of the molecule is O=C(Cn1ccc(=O)cc1)N[C@H]1[C@H]2CCO[C@H]2[C@H]1C1CCCC1. The van der Waals surface area contributed by atoms with E-state index in [1.165, 1.54) is 37.8 Å². The third-order valence-corrected chi connectivity index (χ3v) is 5.90. The molecule has 0 radical (unpaired) electrons. The van der Waals surface area contributed by atoms with Gasteiger partial charge in [-0.05, 0) is 12.3 Å². The number of aromatic nitrogens is 1. The lowest BCUT2D eigenvalue weighted by atomic mass is 9.61. The van der Waals surface area contributed by atoms with Crippen molar-refractivity contribution in [2.75, 3.05) is 6.61 Å². The van der Waals surface area contributed by atoms with Crippen LogP contribution in [-0.4, -0.2) is 29.2 Å². The van der Waals surface area contributed by atoms with Crippen LogP contribution in [0.25, 0.3) is 0 Å². The average Bonchev–Trinajstić information content (AvgIpc) is 3.18. The molecule has 0 spiro atoms. The molecule has 3 aliphatic rings. The van der Waals surface area contributed by atoms with Crippen molar-refractivity contribution < 1.29 is 9.53 Å². The highest BCUT2D eigenvalue weighted by Gasteiger charge is 2.56. The number of carbonyl (C=O) groups excluding carboxylic acids is 1. The van der Waals surface area contributed by atoms with Crippen LogP contribution in [-0.2, 0) is 16.1 Å². The first-order valence-corrected chi connectivity index (χ1v) is 8.79. The first-order chi connectivity index (χ1) is 11.2. The van der Waals surface area contributed by atoms with Crippen molar-refractivity contribution in [1.82, 2.24) is 9.88 Å². The summed E-state index contributed by atoms with van der Waals surface area (Å²) in [4.78, 5) is 23.5. The van der Waals surface area contributed by atoms with Crippen molar-refractivity contribution >= 4 is 5.91 Å². The lowest BCUT2D eigenvalue weighted by molar-refractivity contribution is -0.130. The maximum Gasteiger partial charge on any atom is 0.240 e. The molecular weight excluding hydrogens is 292 g/mol. The first-order valence-electron chi connectivity index (χ1n) is 8.79. The number of rotatable bonds is 4. The number of hydrogen-bond acceptors (Lipinski definition) is 3. The molecule has 0 unspecified atom stereocenters. The minimum absolute atomic E-state index is 0.0343. The van der Waals surface area contributed by atoms with Crippen LogP contribution >= 0.6 is 0 Å². The molecule has 23 heavy (non-hydrogen) atoms. The van der Waals surface area contributed by atoms with E-state index < -0.39 is 0 Å². The van der Waals surface area contributed by atoms with E-state index in [-0.39, 0.29) is 23.9 Å². The van der Waals surface area contributed by atoms with Crippen LogP contribution < -0.4 is 10.7 Å². The van der Waals surface area contributed by atoms with Crippen LogP contribution in [0.4, 0.5) is 0 Å². The largest absolute Gasteiger partial charge is 0.377 e. The lowest BCUT2D eigenvalue weighted by Gasteiger charge is -2.50. The fraction of sp³-hybridized carbons (Fsp3) is 0.667. The lowest BCUT2D eigenvalue weighted by Crippen LogP contribution is -2.63. The van der Waals surface area contributed by atoms with Gasteiger partial charge in [0.05, 0.1) is 6.10 Å². The van der Waals surface area contributed by atoms with Gasteiger partial charge in [0.15, 0.2) is 5.43 Å². The Balaban J connectivity index is 1.40. The van der Waals surface area contributed by atoms with Gasteiger partial charge in [-0.2, -0.15) is 0 Å². The molecule has 1 aromatic heterocycles. The Morgan fingerprint density at radius 3 is 2.70 bits per heavy atom. The van der Waals surface area contributed by atoms with Gasteiger partial charge in [0.25, 0.3) is 0 Å². The van der Waals surface area contributed by atoms with Crippen molar-refractivity contribution in [3.8, 4) is 0 Å². The molecule has 0 aromatic carbocycles. The summed E-state index contributed by atoms with van der Waals surface area (Å²) >= 11 is 0. The zero-order valence-electron chi connectivity index (χ0n) is 13.3. The molecule has 1 amide bonds. The van der Waals surface area contributed by atoms with E-state index in [4.69, 9.17) is 4.74 Å². The molecule has 1 saturated heterocycles. The number of fused-ring (bicyclic) bond motifs is 1. The molecule has 1 aliphatic heterocycles. The Labute approximate surface area is 136 Å². The van der Waals surface area contributed by atoms with E-state index in [0.717, 1.165) is 13.0 Å². The number of ether oxygens (including phenoxy) is 1. The molecule has 4 rings (SSSR count). The van der Waals surface area contributed by atoms with Gasteiger partial charge in [-0.3, -0.25) is 9.59 Å². The molecular formula is C18H24N2O3. The number of hydrogen-bond donors (Lipinski definition) is 1. The molecule has 124 valence electrons. The van der Waals surface area contributed by atoms with E-state index in [9.17, 15) is 9.59 Å². The Hall–Kier alpha value is -1.62. The predicted octanol–water partition coefficient (Wildman–Crippen LogP) is 1.56. The smallest absolute Gasteiger partial charge is 0.240 e. The first kappa shape index (κ1) is 14.9. The summed E-state index contributed by atoms with van der Waals surface area (Å²) in [6, 6.07) is 3.25. The predicted molar refractivity (Wildman–Crippen MR) is 85.9 cm³/mol. The summed E-state index contributed by atoms with van der Waals surface area (Å²) < 4.78 is 7.68. The molecule has 5 nitrogen and oxygen atoms in total. The zero-order valence-corrected chi connectivity index (χ0v) is 13.3. The molecule has 2 saturated carbocycles. The number of amides is 1. The molecule has 1 aromatic rings. The number of nitrogens with zero attached hydrogens (tertiary/aromatic N) is 1. The summed E-state index contributed by atoms with van der Waals surface area (Å²) in [5.41, 5.74) is -0.0344. The van der Waals surface area contributed by atoms with E-state index in [1.54, 1.807) is 17.0 Å². The van der Waals surface area contributed by atoms with E-state index >= 15 is 0 Å². The van der Waals surface area contributed by atoms with Crippen LogP contribution in [0.3, 0.4) is 0 Å². The Morgan fingerprint density at radius 2 is 1.96 bits per heavy atom. The van der Waals surface area contributed by atoms with Crippen molar-refractivity contribution in [2.45, 2.75) is 50.8 Å². The zero-order chi connectivity index (χ0) is 15.8. The van der Waals surface area contributed by atoms with Gasteiger partial charge in [-0.15, -0.1) is 0 Å². The second kappa shape index (κ2) is 6.11. The van der Waals surface area contributed by atoms with Gasteiger partial charge in [-0.1, -0.05) is 25.7 Å². The second-order valence-electron chi connectivity index (χ2n) is 7.21. The van der Waals surface area contributed by atoms with Crippen LogP contribution in [0.15, 0.2) is 29.3 Å². The maximum absolute atomic E-state index is 12.4. The van der Waals surface area contributed by atoms with Gasteiger partial charge in [0, 0.05) is 49.0 Å². The average molecular weight is 316 g/mol. The summed E-state index contributed by atoms with van der Waals surface area (Å²) in [6.07, 6.45) is 9.96. The normalized spacial score (nSPS) is 33.2. The van der Waals surface area contributed by atoms with E-state index in [1.807, 2.05) is 0 Å². The number of nitrogens with one attached hydrogen (secondary N) is 1. The standard InChI is InChI=1S/C18H24N2O3/c21-13-5-8-20(9-6-13)11-15(22)19-17-14-7-10-23-18(14)16(17)12-3-1-2-4-12/h5-6,8-9,12,14,16-18H,1-4,7,10-11H2,(H,19,22)/t14-,16+,17+,18-/m1/s1. The summed E-state index contributed by atoms with van der Waals surface area (Å²) in [6.45, 7) is 1.11. The quantitative estimate of drug-likeness (QED) is 0.917. The third kappa shape index (κ3) is 2.82. The Bertz CT molecular complexity index is 610. The fourth-order valence-electron chi connectivity index (χ4n) is 4.81. The minimum Gasteiger partial charge on any atom is -0.377 e. The molecule has 3 fully saturated rings. The van der Waals surface area contributed by atoms with Crippen LogP contribution in [0.1, 0.15) is 32.1 Å². The minimum atomic E-state index is -0.0344. The van der Waals surface area contributed by atoms with Gasteiger partial charge >= 0.3 is 0 Å². The monoisotopic (exact) mass is 316 g/mol. The highest BCUT2D eigenvalue weighted by atomic mass is 16.5. The maximum atomic E-state index is 12.4.